The smallest absolute Gasteiger partial charge is 0.368 e. The fourth-order valence-electron chi connectivity index (χ4n) is 1.12. The molecule has 96 valence electrons. The first-order valence-corrected chi connectivity index (χ1v) is 5.71. The normalized spacial score (nSPS) is 11.9. The van der Waals surface area contributed by atoms with Crippen molar-refractivity contribution in [1.82, 2.24) is 9.88 Å². The van der Waals surface area contributed by atoms with Crippen molar-refractivity contribution in [3.63, 3.8) is 0 Å². The summed E-state index contributed by atoms with van der Waals surface area (Å²) in [5, 5.41) is 2.96. The number of nitrogens with one attached hydrogen (secondary N) is 1. The molecule has 7 heteroatoms. The minimum absolute atomic E-state index is 0.311. The summed E-state index contributed by atoms with van der Waals surface area (Å²) in [4.78, 5) is 5.71. The van der Waals surface area contributed by atoms with Crippen molar-refractivity contribution in [1.29, 1.82) is 0 Å². The Labute approximate surface area is 106 Å². The fraction of sp³-hybridized carbons (Fsp3) is 0.500. The summed E-state index contributed by atoms with van der Waals surface area (Å²) in [6.07, 6.45) is -3.54. The second-order valence-electron chi connectivity index (χ2n) is 3.78. The second-order valence-corrected chi connectivity index (χ2v) is 4.64. The largest absolute Gasteiger partial charge is 0.417 e. The summed E-state index contributed by atoms with van der Waals surface area (Å²) in [5.74, 6) is 0.417. The molecule has 0 fully saturated rings. The third kappa shape index (κ3) is 4.51. The molecule has 0 radical (unpaired) electrons. The second kappa shape index (κ2) is 5.68. The lowest BCUT2D eigenvalue weighted by Gasteiger charge is -2.13. The lowest BCUT2D eigenvalue weighted by atomic mass is 10.3. The quantitative estimate of drug-likeness (QED) is 0.927. The third-order valence-electron chi connectivity index (χ3n) is 2.02. The number of anilines is 1. The van der Waals surface area contributed by atoms with Gasteiger partial charge in [-0.3, -0.25) is 0 Å². The number of alkyl halides is 3. The topological polar surface area (TPSA) is 28.2 Å². The van der Waals surface area contributed by atoms with Crippen LogP contribution in [0.2, 0.25) is 0 Å². The van der Waals surface area contributed by atoms with Gasteiger partial charge in [0.2, 0.25) is 0 Å². The van der Waals surface area contributed by atoms with Gasteiger partial charge in [0, 0.05) is 19.3 Å². The Balaban J connectivity index is 2.70. The predicted octanol–water partition coefficient (Wildman–Crippen LogP) is 2.84. The first-order valence-electron chi connectivity index (χ1n) is 4.92. The maximum Gasteiger partial charge on any atom is 0.417 e. The van der Waals surface area contributed by atoms with E-state index in [-0.39, 0.29) is 0 Å². The molecule has 1 N–H and O–H groups in total. The molecule has 0 amide bonds. The van der Waals surface area contributed by atoms with Crippen LogP contribution in [0.15, 0.2) is 16.7 Å². The van der Waals surface area contributed by atoms with Gasteiger partial charge < -0.3 is 10.2 Å². The van der Waals surface area contributed by atoms with E-state index < -0.39 is 11.7 Å². The summed E-state index contributed by atoms with van der Waals surface area (Å²) < 4.78 is 37.4. The Morgan fingerprint density at radius 3 is 2.53 bits per heavy atom. The molecule has 0 saturated carbocycles. The number of aromatic nitrogens is 1. The van der Waals surface area contributed by atoms with Crippen molar-refractivity contribution < 1.29 is 13.2 Å². The van der Waals surface area contributed by atoms with Crippen LogP contribution in [0.3, 0.4) is 0 Å². The highest BCUT2D eigenvalue weighted by Gasteiger charge is 2.31. The van der Waals surface area contributed by atoms with Crippen molar-refractivity contribution in [2.45, 2.75) is 6.18 Å². The number of halogens is 4. The molecule has 0 aliphatic carbocycles. The summed E-state index contributed by atoms with van der Waals surface area (Å²) in [6.45, 7) is 1.39. The molecule has 17 heavy (non-hydrogen) atoms. The van der Waals surface area contributed by atoms with E-state index in [1.165, 1.54) is 0 Å². The molecule has 1 aromatic rings. The molecule has 1 heterocycles. The van der Waals surface area contributed by atoms with Crippen LogP contribution in [0, 0.1) is 0 Å². The zero-order valence-electron chi connectivity index (χ0n) is 9.48. The maximum atomic E-state index is 12.4. The molecule has 0 spiro atoms. The van der Waals surface area contributed by atoms with E-state index in [9.17, 15) is 13.2 Å². The molecule has 0 aliphatic heterocycles. The van der Waals surface area contributed by atoms with E-state index in [1.807, 2.05) is 19.0 Å². The molecule has 0 unspecified atom stereocenters. The highest BCUT2D eigenvalue weighted by atomic mass is 79.9. The van der Waals surface area contributed by atoms with Crippen molar-refractivity contribution in [2.75, 3.05) is 32.5 Å². The number of likely N-dealkylation sites (N-methyl/N-ethyl adjacent to an activating group) is 1. The molecule has 1 aromatic heterocycles. The highest BCUT2D eigenvalue weighted by Crippen LogP contribution is 2.32. The van der Waals surface area contributed by atoms with Crippen molar-refractivity contribution in [3.05, 3.63) is 22.3 Å². The van der Waals surface area contributed by atoms with Gasteiger partial charge in [0.1, 0.15) is 5.82 Å². The Kier molecular flexibility index (Phi) is 4.76. The van der Waals surface area contributed by atoms with Crippen LogP contribution in [0.4, 0.5) is 19.0 Å². The zero-order valence-corrected chi connectivity index (χ0v) is 11.1. The summed E-state index contributed by atoms with van der Waals surface area (Å²) in [5.41, 5.74) is -0.762. The van der Waals surface area contributed by atoms with Crippen LogP contribution in [0.1, 0.15) is 5.56 Å². The van der Waals surface area contributed by atoms with Gasteiger partial charge in [-0.05, 0) is 36.1 Å². The number of pyridine rings is 1. The average Bonchev–Trinajstić information content (AvgIpc) is 2.18. The molecule has 1 rings (SSSR count). The lowest BCUT2D eigenvalue weighted by molar-refractivity contribution is -0.137. The number of hydrogen-bond donors (Lipinski definition) is 1. The van der Waals surface area contributed by atoms with Gasteiger partial charge in [-0.1, -0.05) is 0 Å². The molecule has 0 aromatic carbocycles. The van der Waals surface area contributed by atoms with Crippen LogP contribution >= 0.6 is 15.9 Å². The molecule has 0 saturated heterocycles. The molecule has 3 nitrogen and oxygen atoms in total. The van der Waals surface area contributed by atoms with Gasteiger partial charge in [0.25, 0.3) is 0 Å². The minimum atomic E-state index is -4.36. The van der Waals surface area contributed by atoms with Crippen LogP contribution < -0.4 is 5.32 Å². The first kappa shape index (κ1) is 14.2. The van der Waals surface area contributed by atoms with Crippen molar-refractivity contribution in [2.24, 2.45) is 0 Å². The van der Waals surface area contributed by atoms with E-state index in [2.05, 4.69) is 26.2 Å². The van der Waals surface area contributed by atoms with E-state index in [0.717, 1.165) is 18.8 Å². The maximum absolute atomic E-state index is 12.4. The van der Waals surface area contributed by atoms with E-state index >= 15 is 0 Å². The Bertz CT molecular complexity index is 380. The monoisotopic (exact) mass is 311 g/mol. The van der Waals surface area contributed by atoms with Gasteiger partial charge in [-0.25, -0.2) is 4.98 Å². The van der Waals surface area contributed by atoms with E-state index in [4.69, 9.17) is 0 Å². The average molecular weight is 312 g/mol. The summed E-state index contributed by atoms with van der Waals surface area (Å²) >= 11 is 3.07. The third-order valence-corrected chi connectivity index (χ3v) is 2.62. The van der Waals surface area contributed by atoms with Crippen LogP contribution in [0.5, 0.6) is 0 Å². The Morgan fingerprint density at radius 1 is 1.41 bits per heavy atom. The standard InChI is InChI=1S/C10H13BrF3N3/c1-17(2)4-3-15-9-8(11)5-7(6-16-9)10(12,13)14/h5-6H,3-4H2,1-2H3,(H,15,16). The highest BCUT2D eigenvalue weighted by molar-refractivity contribution is 9.10. The fourth-order valence-corrected chi connectivity index (χ4v) is 1.61. The molecule has 0 atom stereocenters. The van der Waals surface area contributed by atoms with Crippen molar-refractivity contribution >= 4 is 21.7 Å². The Morgan fingerprint density at radius 2 is 2.06 bits per heavy atom. The zero-order chi connectivity index (χ0) is 13.1. The van der Waals surface area contributed by atoms with Gasteiger partial charge in [0.05, 0.1) is 10.0 Å². The first-order chi connectivity index (χ1) is 7.80. The van der Waals surface area contributed by atoms with Crippen LogP contribution in [-0.2, 0) is 6.18 Å². The van der Waals surface area contributed by atoms with Gasteiger partial charge in [-0.15, -0.1) is 0 Å². The molecular weight excluding hydrogens is 299 g/mol. The van der Waals surface area contributed by atoms with Crippen molar-refractivity contribution in [3.8, 4) is 0 Å². The molecule has 0 aliphatic rings. The number of rotatable bonds is 4. The SMILES string of the molecule is CN(C)CCNc1ncc(C(F)(F)F)cc1Br. The van der Waals surface area contributed by atoms with E-state index in [0.29, 0.717) is 16.8 Å². The lowest BCUT2D eigenvalue weighted by Crippen LogP contribution is -2.21. The molecule has 0 bridgehead atoms. The minimum Gasteiger partial charge on any atom is -0.368 e. The van der Waals surface area contributed by atoms with Crippen LogP contribution in [-0.4, -0.2) is 37.1 Å². The van der Waals surface area contributed by atoms with Gasteiger partial charge >= 0.3 is 6.18 Å². The summed E-state index contributed by atoms with van der Waals surface area (Å²) in [7, 11) is 3.83. The van der Waals surface area contributed by atoms with E-state index in [1.54, 1.807) is 0 Å². The molecular formula is C10H13BrF3N3. The van der Waals surface area contributed by atoms with Crippen LogP contribution in [0.25, 0.3) is 0 Å². The predicted molar refractivity (Wildman–Crippen MR) is 64.0 cm³/mol. The van der Waals surface area contributed by atoms with Gasteiger partial charge in [-0.2, -0.15) is 13.2 Å². The Hall–Kier alpha value is -0.820. The number of nitrogens with zero attached hydrogens (tertiary/aromatic N) is 2. The van der Waals surface area contributed by atoms with Gasteiger partial charge in [0.15, 0.2) is 0 Å². The summed E-state index contributed by atoms with van der Waals surface area (Å²) in [6, 6.07) is 1.02. The number of hydrogen-bond acceptors (Lipinski definition) is 3.